The van der Waals surface area contributed by atoms with Gasteiger partial charge in [-0.1, -0.05) is 19.3 Å². The van der Waals surface area contributed by atoms with Gasteiger partial charge in [0, 0.05) is 45.1 Å². The standard InChI is InChI=1S/C22H40O4/c1-2-10-22(11-3-1,18-25-16-8-20-4-12-23-13-5-20)19-26-17-9-21-6-14-24-15-7-21/h20-21H,1-19H2. The summed E-state index contributed by atoms with van der Waals surface area (Å²) in [5.41, 5.74) is 0.281. The van der Waals surface area contributed by atoms with E-state index < -0.39 is 0 Å². The second kappa shape index (κ2) is 11.6. The van der Waals surface area contributed by atoms with Gasteiger partial charge < -0.3 is 18.9 Å². The Morgan fingerprint density at radius 2 is 1.12 bits per heavy atom. The second-order valence-corrected chi connectivity index (χ2v) is 8.85. The van der Waals surface area contributed by atoms with E-state index in [0.717, 1.165) is 64.7 Å². The molecule has 1 aliphatic carbocycles. The molecule has 2 aliphatic heterocycles. The molecule has 0 aromatic carbocycles. The van der Waals surface area contributed by atoms with Gasteiger partial charge in [-0.2, -0.15) is 0 Å². The Labute approximate surface area is 160 Å². The lowest BCUT2D eigenvalue weighted by atomic mass is 9.75. The molecule has 0 amide bonds. The fourth-order valence-electron chi connectivity index (χ4n) is 4.78. The van der Waals surface area contributed by atoms with Gasteiger partial charge in [-0.05, 0) is 63.2 Å². The van der Waals surface area contributed by atoms with Crippen LogP contribution in [0.15, 0.2) is 0 Å². The van der Waals surface area contributed by atoms with E-state index in [1.165, 1.54) is 70.6 Å². The summed E-state index contributed by atoms with van der Waals surface area (Å²) in [7, 11) is 0. The zero-order valence-corrected chi connectivity index (χ0v) is 16.7. The van der Waals surface area contributed by atoms with Crippen LogP contribution in [0.1, 0.15) is 70.6 Å². The van der Waals surface area contributed by atoms with Crippen LogP contribution < -0.4 is 0 Å². The van der Waals surface area contributed by atoms with Gasteiger partial charge >= 0.3 is 0 Å². The average molecular weight is 369 g/mol. The maximum Gasteiger partial charge on any atom is 0.0544 e. The molecule has 3 fully saturated rings. The molecule has 0 radical (unpaired) electrons. The smallest absolute Gasteiger partial charge is 0.0544 e. The number of rotatable bonds is 10. The lowest BCUT2D eigenvalue weighted by Crippen LogP contribution is -2.35. The van der Waals surface area contributed by atoms with Gasteiger partial charge in [0.15, 0.2) is 0 Å². The highest BCUT2D eigenvalue weighted by molar-refractivity contribution is 4.83. The first-order valence-electron chi connectivity index (χ1n) is 11.2. The third kappa shape index (κ3) is 7.10. The van der Waals surface area contributed by atoms with Gasteiger partial charge in [0.1, 0.15) is 0 Å². The average Bonchev–Trinajstić information content (AvgIpc) is 2.71. The molecule has 0 unspecified atom stereocenters. The number of hydrogen-bond acceptors (Lipinski definition) is 4. The maximum absolute atomic E-state index is 6.19. The predicted octanol–water partition coefficient (Wildman–Crippen LogP) is 4.60. The van der Waals surface area contributed by atoms with Crippen LogP contribution in [0.5, 0.6) is 0 Å². The zero-order chi connectivity index (χ0) is 17.9. The van der Waals surface area contributed by atoms with Gasteiger partial charge in [0.05, 0.1) is 13.2 Å². The van der Waals surface area contributed by atoms with Crippen molar-refractivity contribution in [2.45, 2.75) is 70.6 Å². The molecular weight excluding hydrogens is 328 g/mol. The van der Waals surface area contributed by atoms with Crippen LogP contribution in [0.2, 0.25) is 0 Å². The van der Waals surface area contributed by atoms with Crippen LogP contribution in [-0.4, -0.2) is 52.9 Å². The number of hydrogen-bond donors (Lipinski definition) is 0. The maximum atomic E-state index is 6.19. The van der Waals surface area contributed by atoms with Gasteiger partial charge in [-0.25, -0.2) is 0 Å². The fraction of sp³-hybridized carbons (Fsp3) is 1.00. The topological polar surface area (TPSA) is 36.9 Å². The highest BCUT2D eigenvalue weighted by Crippen LogP contribution is 2.37. The summed E-state index contributed by atoms with van der Waals surface area (Å²) in [6, 6.07) is 0. The zero-order valence-electron chi connectivity index (χ0n) is 16.7. The first-order valence-corrected chi connectivity index (χ1v) is 11.2. The van der Waals surface area contributed by atoms with Gasteiger partial charge in [-0.3, -0.25) is 0 Å². The Hall–Kier alpha value is -0.160. The van der Waals surface area contributed by atoms with Gasteiger partial charge in [0.25, 0.3) is 0 Å². The second-order valence-electron chi connectivity index (χ2n) is 8.85. The SMILES string of the molecule is C1CCC(COCCC2CCOCC2)(COCCC2CCOCC2)CC1. The van der Waals surface area contributed by atoms with E-state index in [9.17, 15) is 0 Å². The van der Waals surface area contributed by atoms with E-state index in [-0.39, 0.29) is 5.41 Å². The van der Waals surface area contributed by atoms with Crippen LogP contribution in [0.25, 0.3) is 0 Å². The highest BCUT2D eigenvalue weighted by Gasteiger charge is 2.33. The molecule has 0 N–H and O–H groups in total. The van der Waals surface area contributed by atoms with Crippen LogP contribution in [0, 0.1) is 17.3 Å². The summed E-state index contributed by atoms with van der Waals surface area (Å²) in [5, 5.41) is 0. The first-order chi connectivity index (χ1) is 12.9. The van der Waals surface area contributed by atoms with Crippen molar-refractivity contribution in [3.05, 3.63) is 0 Å². The molecular formula is C22H40O4. The third-order valence-electron chi connectivity index (χ3n) is 6.75. The molecule has 2 saturated heterocycles. The third-order valence-corrected chi connectivity index (χ3v) is 6.75. The normalized spacial score (nSPS) is 25.4. The number of ether oxygens (including phenoxy) is 4. The first kappa shape index (κ1) is 20.6. The summed E-state index contributed by atoms with van der Waals surface area (Å²) < 4.78 is 23.3. The predicted molar refractivity (Wildman–Crippen MR) is 103 cm³/mol. The van der Waals surface area contributed by atoms with Crippen LogP contribution in [0.4, 0.5) is 0 Å². The fourth-order valence-corrected chi connectivity index (χ4v) is 4.78. The molecule has 0 aromatic heterocycles. The quantitative estimate of drug-likeness (QED) is 0.528. The molecule has 0 bridgehead atoms. The molecule has 3 rings (SSSR count). The molecule has 152 valence electrons. The Bertz CT molecular complexity index is 327. The lowest BCUT2D eigenvalue weighted by molar-refractivity contribution is -0.0504. The molecule has 0 aromatic rings. The largest absolute Gasteiger partial charge is 0.381 e. The summed E-state index contributed by atoms with van der Waals surface area (Å²) in [4.78, 5) is 0. The summed E-state index contributed by atoms with van der Waals surface area (Å²) >= 11 is 0. The summed E-state index contributed by atoms with van der Waals surface area (Å²) in [6.07, 6.45) is 13.9. The minimum atomic E-state index is 0.281. The Morgan fingerprint density at radius 1 is 0.654 bits per heavy atom. The molecule has 1 saturated carbocycles. The van der Waals surface area contributed by atoms with Crippen LogP contribution >= 0.6 is 0 Å². The van der Waals surface area contributed by atoms with Crippen molar-refractivity contribution in [1.29, 1.82) is 0 Å². The van der Waals surface area contributed by atoms with E-state index in [0.29, 0.717) is 0 Å². The van der Waals surface area contributed by atoms with Crippen molar-refractivity contribution in [2.75, 3.05) is 52.9 Å². The van der Waals surface area contributed by atoms with E-state index in [1.54, 1.807) is 0 Å². The van der Waals surface area contributed by atoms with Crippen molar-refractivity contribution in [2.24, 2.45) is 17.3 Å². The molecule has 4 heteroatoms. The molecule has 3 aliphatic rings. The molecule has 0 spiro atoms. The summed E-state index contributed by atoms with van der Waals surface area (Å²) in [6.45, 7) is 7.38. The van der Waals surface area contributed by atoms with Crippen molar-refractivity contribution < 1.29 is 18.9 Å². The van der Waals surface area contributed by atoms with Crippen molar-refractivity contribution in [3.8, 4) is 0 Å². The summed E-state index contributed by atoms with van der Waals surface area (Å²) in [5.74, 6) is 1.61. The van der Waals surface area contributed by atoms with E-state index in [4.69, 9.17) is 18.9 Å². The Morgan fingerprint density at radius 3 is 1.58 bits per heavy atom. The molecule has 4 nitrogen and oxygen atoms in total. The monoisotopic (exact) mass is 368 g/mol. The molecule has 0 atom stereocenters. The Kier molecular flexibility index (Phi) is 9.20. The molecule has 2 heterocycles. The minimum Gasteiger partial charge on any atom is -0.381 e. The lowest BCUT2D eigenvalue weighted by Gasteiger charge is -2.37. The van der Waals surface area contributed by atoms with Gasteiger partial charge in [0.2, 0.25) is 0 Å². The van der Waals surface area contributed by atoms with Crippen LogP contribution in [-0.2, 0) is 18.9 Å². The van der Waals surface area contributed by atoms with E-state index in [1.807, 2.05) is 0 Å². The van der Waals surface area contributed by atoms with Crippen molar-refractivity contribution in [1.82, 2.24) is 0 Å². The highest BCUT2D eigenvalue weighted by atomic mass is 16.5. The minimum absolute atomic E-state index is 0.281. The van der Waals surface area contributed by atoms with Crippen LogP contribution in [0.3, 0.4) is 0 Å². The van der Waals surface area contributed by atoms with Gasteiger partial charge in [-0.15, -0.1) is 0 Å². The van der Waals surface area contributed by atoms with E-state index in [2.05, 4.69) is 0 Å². The molecule has 26 heavy (non-hydrogen) atoms. The van der Waals surface area contributed by atoms with Crippen molar-refractivity contribution in [3.63, 3.8) is 0 Å². The Balaban J connectivity index is 1.32. The van der Waals surface area contributed by atoms with Crippen molar-refractivity contribution >= 4 is 0 Å². The van der Waals surface area contributed by atoms with E-state index >= 15 is 0 Å².